The minimum Gasteiger partial charge on any atom is -0.478 e. The molecular weight excluding hydrogens is 275 g/mol. The molecule has 2 amide bonds. The van der Waals surface area contributed by atoms with Crippen LogP contribution in [-0.4, -0.2) is 17.1 Å². The van der Waals surface area contributed by atoms with E-state index in [2.05, 4.69) is 10.6 Å². The molecule has 0 bridgehead atoms. The number of para-hydroxylation sites is 1. The summed E-state index contributed by atoms with van der Waals surface area (Å²) in [6.45, 7) is 1.63. The van der Waals surface area contributed by atoms with Crippen LogP contribution < -0.4 is 10.6 Å². The van der Waals surface area contributed by atoms with Gasteiger partial charge in [0.25, 0.3) is 0 Å². The van der Waals surface area contributed by atoms with Crippen molar-refractivity contribution >= 4 is 23.4 Å². The topological polar surface area (TPSA) is 78.4 Å². The van der Waals surface area contributed by atoms with E-state index in [-0.39, 0.29) is 16.9 Å². The Kier molecular flexibility index (Phi) is 4.18. The fourth-order valence-electron chi connectivity index (χ4n) is 1.89. The van der Waals surface area contributed by atoms with Gasteiger partial charge in [-0.05, 0) is 30.7 Å². The molecule has 0 saturated carbocycles. The molecule has 0 aliphatic heterocycles. The van der Waals surface area contributed by atoms with Gasteiger partial charge in [0.05, 0.1) is 16.9 Å². The lowest BCUT2D eigenvalue weighted by atomic mass is 10.1. The Bertz CT molecular complexity index is 701. The van der Waals surface area contributed by atoms with Crippen LogP contribution in [0.1, 0.15) is 15.9 Å². The smallest absolute Gasteiger partial charge is 0.338 e. The van der Waals surface area contributed by atoms with Crippen molar-refractivity contribution in [3.8, 4) is 0 Å². The molecule has 0 aliphatic rings. The summed E-state index contributed by atoms with van der Waals surface area (Å²) in [7, 11) is 0. The van der Waals surface area contributed by atoms with E-state index in [1.807, 2.05) is 0 Å². The number of amides is 2. The highest BCUT2D eigenvalue weighted by Gasteiger charge is 2.15. The summed E-state index contributed by atoms with van der Waals surface area (Å²) in [5, 5.41) is 13.9. The molecule has 0 atom stereocenters. The van der Waals surface area contributed by atoms with Crippen LogP contribution in [0, 0.1) is 12.7 Å². The Morgan fingerprint density at radius 3 is 2.29 bits per heavy atom. The second-order valence-electron chi connectivity index (χ2n) is 4.36. The summed E-state index contributed by atoms with van der Waals surface area (Å²) in [6, 6.07) is 9.71. The lowest BCUT2D eigenvalue weighted by Crippen LogP contribution is -2.21. The number of rotatable bonds is 3. The van der Waals surface area contributed by atoms with Gasteiger partial charge in [-0.3, -0.25) is 0 Å². The largest absolute Gasteiger partial charge is 0.478 e. The van der Waals surface area contributed by atoms with Gasteiger partial charge >= 0.3 is 12.0 Å². The van der Waals surface area contributed by atoms with Gasteiger partial charge in [-0.2, -0.15) is 0 Å². The lowest BCUT2D eigenvalue weighted by molar-refractivity contribution is 0.0697. The Balaban J connectivity index is 2.19. The summed E-state index contributed by atoms with van der Waals surface area (Å²) < 4.78 is 13.4. The number of anilines is 2. The zero-order chi connectivity index (χ0) is 15.4. The number of aromatic carboxylic acids is 1. The fourth-order valence-corrected chi connectivity index (χ4v) is 1.89. The van der Waals surface area contributed by atoms with E-state index in [4.69, 9.17) is 5.11 Å². The second-order valence-corrected chi connectivity index (χ2v) is 4.36. The van der Waals surface area contributed by atoms with Gasteiger partial charge < -0.3 is 15.7 Å². The van der Waals surface area contributed by atoms with Crippen molar-refractivity contribution in [1.29, 1.82) is 0 Å². The van der Waals surface area contributed by atoms with Crippen LogP contribution in [0.5, 0.6) is 0 Å². The maximum Gasteiger partial charge on any atom is 0.338 e. The molecule has 3 N–H and O–H groups in total. The number of carboxylic acids is 1. The van der Waals surface area contributed by atoms with Gasteiger partial charge in [0.15, 0.2) is 0 Å². The first-order valence-corrected chi connectivity index (χ1v) is 6.14. The fraction of sp³-hybridized carbons (Fsp3) is 0.0667. The number of halogens is 1. The average molecular weight is 288 g/mol. The number of nitrogens with one attached hydrogen (secondary N) is 2. The molecule has 2 rings (SSSR count). The minimum atomic E-state index is -1.14. The number of urea groups is 1. The van der Waals surface area contributed by atoms with E-state index in [9.17, 15) is 14.0 Å². The monoisotopic (exact) mass is 288 g/mol. The van der Waals surface area contributed by atoms with E-state index >= 15 is 0 Å². The third kappa shape index (κ3) is 3.36. The predicted octanol–water partition coefficient (Wildman–Crippen LogP) is 3.48. The van der Waals surface area contributed by atoms with Crippen LogP contribution >= 0.6 is 0 Å². The van der Waals surface area contributed by atoms with Gasteiger partial charge in [0, 0.05) is 0 Å². The highest BCUT2D eigenvalue weighted by atomic mass is 19.1. The van der Waals surface area contributed by atoms with Gasteiger partial charge in [-0.1, -0.05) is 24.3 Å². The minimum absolute atomic E-state index is 0.00110. The van der Waals surface area contributed by atoms with E-state index < -0.39 is 17.8 Å². The molecule has 108 valence electrons. The van der Waals surface area contributed by atoms with Crippen molar-refractivity contribution < 1.29 is 19.1 Å². The molecule has 0 aliphatic carbocycles. The summed E-state index contributed by atoms with van der Waals surface area (Å²) in [5.74, 6) is -1.72. The molecule has 6 heteroatoms. The van der Waals surface area contributed by atoms with E-state index in [0.717, 1.165) is 0 Å². The molecule has 2 aromatic carbocycles. The Morgan fingerprint density at radius 2 is 1.62 bits per heavy atom. The summed E-state index contributed by atoms with van der Waals surface area (Å²) in [5.41, 5.74) is 0.684. The quantitative estimate of drug-likeness (QED) is 0.809. The van der Waals surface area contributed by atoms with Crippen molar-refractivity contribution in [2.45, 2.75) is 6.92 Å². The number of aryl methyl sites for hydroxylation is 1. The zero-order valence-electron chi connectivity index (χ0n) is 11.2. The zero-order valence-corrected chi connectivity index (χ0v) is 11.2. The van der Waals surface area contributed by atoms with Crippen LogP contribution in [-0.2, 0) is 0 Å². The van der Waals surface area contributed by atoms with Gasteiger partial charge in [0.2, 0.25) is 0 Å². The molecule has 0 saturated heterocycles. The van der Waals surface area contributed by atoms with Crippen molar-refractivity contribution in [1.82, 2.24) is 0 Å². The molecule has 2 aromatic rings. The van der Waals surface area contributed by atoms with Gasteiger partial charge in [-0.15, -0.1) is 0 Å². The van der Waals surface area contributed by atoms with E-state index in [1.54, 1.807) is 25.1 Å². The Hall–Kier alpha value is -2.89. The van der Waals surface area contributed by atoms with Crippen LogP contribution in [0.25, 0.3) is 0 Å². The first kappa shape index (κ1) is 14.5. The predicted molar refractivity (Wildman–Crippen MR) is 77.2 cm³/mol. The van der Waals surface area contributed by atoms with Crippen LogP contribution in [0.2, 0.25) is 0 Å². The molecule has 0 heterocycles. The Labute approximate surface area is 120 Å². The van der Waals surface area contributed by atoms with Gasteiger partial charge in [0.1, 0.15) is 5.82 Å². The summed E-state index contributed by atoms with van der Waals surface area (Å²) >= 11 is 0. The normalized spacial score (nSPS) is 10.0. The molecule has 21 heavy (non-hydrogen) atoms. The highest BCUT2D eigenvalue weighted by Crippen LogP contribution is 2.20. The van der Waals surface area contributed by atoms with Crippen molar-refractivity contribution in [3.63, 3.8) is 0 Å². The standard InChI is InChI=1S/C15H13FN2O3/c1-9-5-4-8-12(13(9)14(19)20)18-15(21)17-11-7-3-2-6-10(11)16/h2-8H,1H3,(H,19,20)(H2,17,18,21). The average Bonchev–Trinajstić information content (AvgIpc) is 2.41. The first-order valence-electron chi connectivity index (χ1n) is 6.14. The van der Waals surface area contributed by atoms with Crippen LogP contribution in [0.15, 0.2) is 42.5 Å². The van der Waals surface area contributed by atoms with Crippen molar-refractivity contribution in [3.05, 3.63) is 59.4 Å². The SMILES string of the molecule is Cc1cccc(NC(=O)Nc2ccccc2F)c1C(=O)O. The van der Waals surface area contributed by atoms with Crippen LogP contribution in [0.4, 0.5) is 20.6 Å². The molecule has 0 unspecified atom stereocenters. The molecule has 0 aromatic heterocycles. The molecule has 5 nitrogen and oxygen atoms in total. The number of carbonyl (C=O) groups excluding carboxylic acids is 1. The van der Waals surface area contributed by atoms with Crippen molar-refractivity contribution in [2.75, 3.05) is 10.6 Å². The lowest BCUT2D eigenvalue weighted by Gasteiger charge is -2.11. The number of carboxylic acid groups (broad SMARTS) is 1. The maximum absolute atomic E-state index is 13.4. The molecule has 0 spiro atoms. The second kappa shape index (κ2) is 6.04. The van der Waals surface area contributed by atoms with Crippen LogP contribution in [0.3, 0.4) is 0 Å². The summed E-state index contributed by atoms with van der Waals surface area (Å²) in [6.07, 6.45) is 0. The molecule has 0 fully saturated rings. The third-order valence-electron chi connectivity index (χ3n) is 2.86. The number of carbonyl (C=O) groups is 2. The van der Waals surface area contributed by atoms with Crippen molar-refractivity contribution in [2.24, 2.45) is 0 Å². The van der Waals surface area contributed by atoms with Gasteiger partial charge in [-0.25, -0.2) is 14.0 Å². The first-order chi connectivity index (χ1) is 9.99. The number of hydrogen-bond acceptors (Lipinski definition) is 2. The van der Waals surface area contributed by atoms with E-state index in [0.29, 0.717) is 5.56 Å². The molecular formula is C15H13FN2O3. The number of hydrogen-bond donors (Lipinski definition) is 3. The highest BCUT2D eigenvalue weighted by molar-refractivity contribution is 6.05. The van der Waals surface area contributed by atoms with E-state index in [1.165, 1.54) is 24.3 Å². The summed E-state index contributed by atoms with van der Waals surface area (Å²) in [4.78, 5) is 23.0. The number of benzene rings is 2. The third-order valence-corrected chi connectivity index (χ3v) is 2.86. The maximum atomic E-state index is 13.4. The Morgan fingerprint density at radius 1 is 1.00 bits per heavy atom. The molecule has 0 radical (unpaired) electrons.